The van der Waals surface area contributed by atoms with Crippen LogP contribution in [0, 0.1) is 13.8 Å². The van der Waals surface area contributed by atoms with Crippen molar-refractivity contribution in [2.24, 2.45) is 0 Å². The van der Waals surface area contributed by atoms with Crippen molar-refractivity contribution in [2.75, 3.05) is 18.8 Å². The molecular weight excluding hydrogens is 280 g/mol. The highest BCUT2D eigenvalue weighted by Crippen LogP contribution is 2.38. The lowest BCUT2D eigenvalue weighted by molar-refractivity contribution is 0.0775. The first-order valence-electron chi connectivity index (χ1n) is 7.24. The molecule has 0 spiro atoms. The van der Waals surface area contributed by atoms with Crippen LogP contribution in [0.4, 0.5) is 5.00 Å². The number of nitrogens with two attached hydrogens (primary N) is 1. The van der Waals surface area contributed by atoms with Gasteiger partial charge in [-0.25, -0.2) is 0 Å². The third kappa shape index (κ3) is 2.95. The van der Waals surface area contributed by atoms with Gasteiger partial charge in [0.1, 0.15) is 0 Å². The van der Waals surface area contributed by atoms with Crippen molar-refractivity contribution in [1.82, 2.24) is 4.90 Å². The quantitative estimate of drug-likeness (QED) is 0.924. The normalized spacial score (nSPS) is 10.7. The van der Waals surface area contributed by atoms with E-state index in [1.807, 2.05) is 25.7 Å². The lowest BCUT2D eigenvalue weighted by atomic mass is 9.99. The second-order valence-electron chi connectivity index (χ2n) is 5.12. The van der Waals surface area contributed by atoms with Gasteiger partial charge in [0.15, 0.2) is 0 Å². The molecule has 0 saturated heterocycles. The van der Waals surface area contributed by atoms with E-state index in [9.17, 15) is 4.79 Å². The third-order valence-electron chi connectivity index (χ3n) is 3.72. The summed E-state index contributed by atoms with van der Waals surface area (Å²) < 4.78 is 0. The molecule has 2 rings (SSSR count). The van der Waals surface area contributed by atoms with Gasteiger partial charge in [-0.1, -0.05) is 29.8 Å². The number of hydrogen-bond acceptors (Lipinski definition) is 3. The molecule has 1 aromatic carbocycles. The van der Waals surface area contributed by atoms with Crippen LogP contribution in [0.1, 0.15) is 34.6 Å². The number of nitrogens with zero attached hydrogens (tertiary/aromatic N) is 1. The maximum Gasteiger partial charge on any atom is 0.257 e. The van der Waals surface area contributed by atoms with E-state index in [-0.39, 0.29) is 5.91 Å². The van der Waals surface area contributed by atoms with Crippen molar-refractivity contribution in [3.8, 4) is 11.1 Å². The molecule has 0 aliphatic carbocycles. The average molecular weight is 302 g/mol. The first-order valence-corrected chi connectivity index (χ1v) is 8.06. The molecule has 0 unspecified atom stereocenters. The highest BCUT2D eigenvalue weighted by Gasteiger charge is 2.24. The standard InChI is InChI=1S/C17H22N2OS/c1-5-19(6-2)17(20)15-14(12(4)21-16(15)18)13-9-7-11(3)8-10-13/h7-10H,5-6,18H2,1-4H3. The molecule has 1 amide bonds. The lowest BCUT2D eigenvalue weighted by Gasteiger charge is -2.19. The van der Waals surface area contributed by atoms with Crippen LogP contribution in [0.25, 0.3) is 11.1 Å². The van der Waals surface area contributed by atoms with E-state index in [1.165, 1.54) is 16.9 Å². The van der Waals surface area contributed by atoms with Gasteiger partial charge in [0.05, 0.1) is 10.6 Å². The summed E-state index contributed by atoms with van der Waals surface area (Å²) in [6.45, 7) is 9.44. The second-order valence-corrected chi connectivity index (χ2v) is 6.37. The molecule has 0 aliphatic rings. The molecule has 0 fully saturated rings. The fraction of sp³-hybridized carbons (Fsp3) is 0.353. The molecule has 4 heteroatoms. The number of carbonyl (C=O) groups is 1. The molecule has 112 valence electrons. The van der Waals surface area contributed by atoms with Crippen molar-refractivity contribution in [2.45, 2.75) is 27.7 Å². The zero-order valence-electron chi connectivity index (χ0n) is 13.1. The summed E-state index contributed by atoms with van der Waals surface area (Å²) in [7, 11) is 0. The number of anilines is 1. The van der Waals surface area contributed by atoms with Gasteiger partial charge in [-0.05, 0) is 33.3 Å². The van der Waals surface area contributed by atoms with Crippen LogP contribution in [0.5, 0.6) is 0 Å². The van der Waals surface area contributed by atoms with Crippen molar-refractivity contribution in [1.29, 1.82) is 0 Å². The average Bonchev–Trinajstić information content (AvgIpc) is 2.75. The zero-order valence-corrected chi connectivity index (χ0v) is 13.9. The number of carbonyl (C=O) groups excluding carboxylic acids is 1. The summed E-state index contributed by atoms with van der Waals surface area (Å²) >= 11 is 1.49. The molecule has 0 bridgehead atoms. The number of aryl methyl sites for hydroxylation is 2. The first kappa shape index (κ1) is 15.6. The highest BCUT2D eigenvalue weighted by molar-refractivity contribution is 7.16. The molecule has 0 radical (unpaired) electrons. The van der Waals surface area contributed by atoms with Crippen LogP contribution in [-0.4, -0.2) is 23.9 Å². The monoisotopic (exact) mass is 302 g/mol. The molecule has 0 saturated carbocycles. The Hall–Kier alpha value is -1.81. The summed E-state index contributed by atoms with van der Waals surface area (Å²) in [6.07, 6.45) is 0. The lowest BCUT2D eigenvalue weighted by Crippen LogP contribution is -2.31. The fourth-order valence-corrected chi connectivity index (χ4v) is 3.46. The van der Waals surface area contributed by atoms with Crippen molar-refractivity contribution >= 4 is 22.2 Å². The Balaban J connectivity index is 2.57. The van der Waals surface area contributed by atoms with Crippen molar-refractivity contribution in [3.05, 3.63) is 40.3 Å². The van der Waals surface area contributed by atoms with Gasteiger partial charge in [0.25, 0.3) is 5.91 Å². The smallest absolute Gasteiger partial charge is 0.257 e. The van der Waals surface area contributed by atoms with Gasteiger partial charge in [0, 0.05) is 23.5 Å². The van der Waals surface area contributed by atoms with E-state index in [2.05, 4.69) is 31.2 Å². The molecule has 1 aromatic heterocycles. The van der Waals surface area contributed by atoms with Gasteiger partial charge < -0.3 is 10.6 Å². The summed E-state index contributed by atoms with van der Waals surface area (Å²) in [6, 6.07) is 8.24. The number of amides is 1. The minimum atomic E-state index is 0.0254. The Bertz CT molecular complexity index is 640. The van der Waals surface area contributed by atoms with Crippen molar-refractivity contribution in [3.63, 3.8) is 0 Å². The maximum atomic E-state index is 12.8. The molecule has 2 aromatic rings. The molecule has 0 aliphatic heterocycles. The van der Waals surface area contributed by atoms with E-state index in [0.29, 0.717) is 23.7 Å². The summed E-state index contributed by atoms with van der Waals surface area (Å²) in [5, 5.41) is 0.611. The third-order valence-corrected chi connectivity index (χ3v) is 4.65. The Labute approximate surface area is 130 Å². The minimum Gasteiger partial charge on any atom is -0.390 e. The van der Waals surface area contributed by atoms with E-state index >= 15 is 0 Å². The number of rotatable bonds is 4. The number of benzene rings is 1. The Morgan fingerprint density at radius 1 is 1.14 bits per heavy atom. The van der Waals surface area contributed by atoms with Crippen LogP contribution < -0.4 is 5.73 Å². The Morgan fingerprint density at radius 3 is 2.24 bits per heavy atom. The molecular formula is C17H22N2OS. The van der Waals surface area contributed by atoms with E-state index in [4.69, 9.17) is 5.73 Å². The van der Waals surface area contributed by atoms with E-state index in [0.717, 1.165) is 16.0 Å². The molecule has 21 heavy (non-hydrogen) atoms. The summed E-state index contributed by atoms with van der Waals surface area (Å²) in [5.74, 6) is 0.0254. The molecule has 2 N–H and O–H groups in total. The van der Waals surface area contributed by atoms with Crippen LogP contribution >= 0.6 is 11.3 Å². The van der Waals surface area contributed by atoms with Crippen LogP contribution in [-0.2, 0) is 0 Å². The molecule has 3 nitrogen and oxygen atoms in total. The number of thiophene rings is 1. The fourth-order valence-electron chi connectivity index (χ4n) is 2.52. The largest absolute Gasteiger partial charge is 0.390 e. The van der Waals surface area contributed by atoms with Gasteiger partial charge in [-0.2, -0.15) is 0 Å². The second kappa shape index (κ2) is 6.31. The van der Waals surface area contributed by atoms with Crippen molar-refractivity contribution < 1.29 is 4.79 Å². The van der Waals surface area contributed by atoms with Crippen LogP contribution in [0.2, 0.25) is 0 Å². The first-order chi connectivity index (χ1) is 9.99. The highest BCUT2D eigenvalue weighted by atomic mass is 32.1. The van der Waals surface area contributed by atoms with Crippen LogP contribution in [0.3, 0.4) is 0 Å². The Morgan fingerprint density at radius 2 is 1.71 bits per heavy atom. The zero-order chi connectivity index (χ0) is 15.6. The van der Waals surface area contributed by atoms with Gasteiger partial charge in [-0.3, -0.25) is 4.79 Å². The molecule has 0 atom stereocenters. The minimum absolute atomic E-state index is 0.0254. The predicted molar refractivity (Wildman–Crippen MR) is 90.9 cm³/mol. The summed E-state index contributed by atoms with van der Waals surface area (Å²) in [5.41, 5.74) is 10.0. The maximum absolute atomic E-state index is 12.8. The topological polar surface area (TPSA) is 46.3 Å². The Kier molecular flexibility index (Phi) is 4.68. The van der Waals surface area contributed by atoms with E-state index < -0.39 is 0 Å². The SMILES string of the molecule is CCN(CC)C(=O)c1c(N)sc(C)c1-c1ccc(C)cc1. The molecule has 1 heterocycles. The number of nitrogen functional groups attached to an aromatic ring is 1. The summed E-state index contributed by atoms with van der Waals surface area (Å²) in [4.78, 5) is 15.7. The predicted octanol–water partition coefficient (Wildman–Crippen LogP) is 4.10. The van der Waals surface area contributed by atoms with E-state index in [1.54, 1.807) is 0 Å². The van der Waals surface area contributed by atoms with Gasteiger partial charge in [-0.15, -0.1) is 11.3 Å². The number of hydrogen-bond donors (Lipinski definition) is 1. The van der Waals surface area contributed by atoms with Crippen LogP contribution in [0.15, 0.2) is 24.3 Å². The van der Waals surface area contributed by atoms with Gasteiger partial charge in [0.2, 0.25) is 0 Å². The van der Waals surface area contributed by atoms with Gasteiger partial charge >= 0.3 is 0 Å².